The average Bonchev–Trinajstić information content (AvgIpc) is 3.63. The van der Waals surface area contributed by atoms with Crippen molar-refractivity contribution >= 4 is 51.1 Å². The summed E-state index contributed by atoms with van der Waals surface area (Å²) < 4.78 is 4.82. The van der Waals surface area contributed by atoms with Crippen LogP contribution < -0.4 is 9.64 Å². The fraction of sp³-hybridized carbons (Fsp3) is 0.629. The molecule has 10 heteroatoms. The molecule has 0 radical (unpaired) electrons. The maximum Gasteiger partial charge on any atom is 0.247 e. The molecule has 3 aliphatic rings. The number of rotatable bonds is 17. The number of nitrogens with zero attached hydrogens (tertiary/aromatic N) is 3. The lowest BCUT2D eigenvalue weighted by Gasteiger charge is -2.41. The number of alkyl halides is 1. The number of unbranched alkanes of at least 4 members (excludes halogenated alkanes) is 2. The Morgan fingerprint density at radius 1 is 1.16 bits per heavy atom. The molecule has 8 nitrogen and oxygen atoms in total. The van der Waals surface area contributed by atoms with Gasteiger partial charge < -0.3 is 24.5 Å². The van der Waals surface area contributed by atoms with E-state index in [0.29, 0.717) is 37.6 Å². The maximum absolute atomic E-state index is 14.8. The molecule has 0 saturated carbocycles. The number of aliphatic hydroxyl groups is 1. The lowest BCUT2D eigenvalue weighted by molar-refractivity contribution is -0.146. The third kappa shape index (κ3) is 6.61. The summed E-state index contributed by atoms with van der Waals surface area (Å²) in [7, 11) is 0. The predicted octanol–water partition coefficient (Wildman–Crippen LogP) is 5.68. The zero-order valence-corrected chi connectivity index (χ0v) is 29.6. The number of carbonyl (C=O) groups is 3. The fourth-order valence-corrected chi connectivity index (χ4v) is 11.1. The highest BCUT2D eigenvalue weighted by atomic mass is 79.9. The highest BCUT2D eigenvalue weighted by Gasteiger charge is 2.76. The summed E-state index contributed by atoms with van der Waals surface area (Å²) in [6.07, 6.45) is 7.65. The Morgan fingerprint density at radius 2 is 1.84 bits per heavy atom. The number of benzene rings is 1. The van der Waals surface area contributed by atoms with Gasteiger partial charge in [0.25, 0.3) is 0 Å². The Hall–Kier alpha value is -2.30. The smallest absolute Gasteiger partial charge is 0.247 e. The van der Waals surface area contributed by atoms with Crippen LogP contribution in [0.1, 0.15) is 59.8 Å². The number of aliphatic hydroxyl groups excluding tert-OH is 1. The number of halogens is 1. The fourth-order valence-electron chi connectivity index (χ4n) is 7.49. The largest absolute Gasteiger partial charge is 0.494 e. The summed E-state index contributed by atoms with van der Waals surface area (Å²) in [5.74, 6) is -1.10. The van der Waals surface area contributed by atoms with Crippen molar-refractivity contribution in [2.75, 3.05) is 37.7 Å². The zero-order valence-electron chi connectivity index (χ0n) is 27.2. The van der Waals surface area contributed by atoms with Gasteiger partial charge in [0.15, 0.2) is 0 Å². The van der Waals surface area contributed by atoms with Gasteiger partial charge in [-0.25, -0.2) is 0 Å². The molecule has 3 heterocycles. The van der Waals surface area contributed by atoms with Crippen molar-refractivity contribution in [3.63, 3.8) is 0 Å². The molecule has 3 aliphatic heterocycles. The van der Waals surface area contributed by atoms with Crippen LogP contribution in [-0.2, 0) is 14.4 Å². The number of hydrogen-bond acceptors (Lipinski definition) is 6. The van der Waals surface area contributed by atoms with Crippen molar-refractivity contribution in [3.05, 3.63) is 49.6 Å². The second-order valence-corrected chi connectivity index (χ2v) is 15.2. The third-order valence-corrected chi connectivity index (χ3v) is 13.0. The highest BCUT2D eigenvalue weighted by molar-refractivity contribution is 9.09. The first-order valence-electron chi connectivity index (χ1n) is 16.4. The quantitative estimate of drug-likeness (QED) is 0.128. The molecule has 45 heavy (non-hydrogen) atoms. The second-order valence-electron chi connectivity index (χ2n) is 12.5. The van der Waals surface area contributed by atoms with E-state index in [0.717, 1.165) is 25.7 Å². The standard InChI is InChI=1S/C35H50BrN3O5S/c1-7-12-13-20-37(18-8-2)34(43)31-35-21-26(36)30(45-35)28(29(35)33(42)39(31)27(22-40)23(6)10-4)32(41)38(19-9-3)24-14-16-25(17-15-24)44-11-5/h8-9,14-17,23,26-31,40H,2-3,7,10-13,18-22H2,1,4-6H3/t23-,26?,27-,28-,29-,30-,31?,35?/m0/s1. The molecule has 1 aromatic rings. The molecule has 3 amide bonds. The molecule has 3 fully saturated rings. The van der Waals surface area contributed by atoms with Crippen molar-refractivity contribution in [1.29, 1.82) is 0 Å². The Kier molecular flexibility index (Phi) is 12.3. The first-order valence-corrected chi connectivity index (χ1v) is 18.2. The minimum Gasteiger partial charge on any atom is -0.494 e. The van der Waals surface area contributed by atoms with Gasteiger partial charge in [-0.2, -0.15) is 0 Å². The number of likely N-dealkylation sites (tertiary alicyclic amines) is 1. The van der Waals surface area contributed by atoms with E-state index in [-0.39, 0.29) is 46.9 Å². The van der Waals surface area contributed by atoms with Gasteiger partial charge in [0.1, 0.15) is 11.8 Å². The molecule has 3 saturated heterocycles. The van der Waals surface area contributed by atoms with E-state index in [1.54, 1.807) is 33.7 Å². The summed E-state index contributed by atoms with van der Waals surface area (Å²) in [6, 6.07) is 6.09. The SMILES string of the molecule is C=CCN(CCCCC)C(=O)C1N([C@@H](CO)[C@@H](C)CC)C(=O)[C@@H]2[C@H](C(=O)N(CC=C)c3ccc(OCC)cc3)[C@H]3SC12CC3Br. The van der Waals surface area contributed by atoms with Crippen LogP contribution in [0.5, 0.6) is 5.75 Å². The van der Waals surface area contributed by atoms with Gasteiger partial charge in [0.2, 0.25) is 17.7 Å². The molecule has 8 atom stereocenters. The molecule has 0 aliphatic carbocycles. The van der Waals surface area contributed by atoms with Crippen LogP contribution in [0.15, 0.2) is 49.6 Å². The van der Waals surface area contributed by atoms with E-state index in [2.05, 4.69) is 36.0 Å². The van der Waals surface area contributed by atoms with Gasteiger partial charge in [-0.1, -0.05) is 68.1 Å². The second kappa shape index (κ2) is 15.5. The van der Waals surface area contributed by atoms with E-state index >= 15 is 0 Å². The van der Waals surface area contributed by atoms with Crippen molar-refractivity contribution in [2.45, 2.75) is 86.7 Å². The summed E-state index contributed by atoms with van der Waals surface area (Å²) >= 11 is 5.52. The van der Waals surface area contributed by atoms with Crippen molar-refractivity contribution < 1.29 is 24.2 Å². The van der Waals surface area contributed by atoms with Crippen molar-refractivity contribution in [1.82, 2.24) is 9.80 Å². The van der Waals surface area contributed by atoms with E-state index in [9.17, 15) is 19.5 Å². The third-order valence-electron chi connectivity index (χ3n) is 9.82. The number of amides is 3. The van der Waals surface area contributed by atoms with Gasteiger partial charge in [-0.3, -0.25) is 14.4 Å². The summed E-state index contributed by atoms with van der Waals surface area (Å²) in [6.45, 7) is 17.5. The van der Waals surface area contributed by atoms with Gasteiger partial charge in [0, 0.05) is 35.4 Å². The van der Waals surface area contributed by atoms with Crippen LogP contribution in [0.3, 0.4) is 0 Å². The Balaban J connectivity index is 1.80. The minimum atomic E-state index is -0.795. The lowest BCUT2D eigenvalue weighted by Crippen LogP contribution is -2.59. The molecular formula is C35H50BrN3O5S. The van der Waals surface area contributed by atoms with Crippen LogP contribution in [0, 0.1) is 17.8 Å². The zero-order chi connectivity index (χ0) is 32.9. The highest BCUT2D eigenvalue weighted by Crippen LogP contribution is 2.68. The van der Waals surface area contributed by atoms with E-state index < -0.39 is 28.7 Å². The number of hydrogen-bond donors (Lipinski definition) is 1. The topological polar surface area (TPSA) is 90.4 Å². The summed E-state index contributed by atoms with van der Waals surface area (Å²) in [5, 5.41) is 10.5. The van der Waals surface area contributed by atoms with Crippen molar-refractivity contribution in [2.24, 2.45) is 17.8 Å². The average molecular weight is 705 g/mol. The molecular weight excluding hydrogens is 654 g/mol. The Labute approximate surface area is 281 Å². The van der Waals surface area contributed by atoms with Gasteiger partial charge in [-0.15, -0.1) is 24.9 Å². The van der Waals surface area contributed by atoms with Gasteiger partial charge in [-0.05, 0) is 49.9 Å². The first kappa shape index (κ1) is 35.6. The summed E-state index contributed by atoms with van der Waals surface area (Å²) in [5.41, 5.74) is 0.701. The van der Waals surface area contributed by atoms with Crippen LogP contribution in [0.25, 0.3) is 0 Å². The number of carbonyl (C=O) groups excluding carboxylic acids is 3. The van der Waals surface area contributed by atoms with E-state index in [4.69, 9.17) is 4.74 Å². The molecule has 1 N–H and O–H groups in total. The van der Waals surface area contributed by atoms with Crippen LogP contribution in [-0.4, -0.2) is 92.4 Å². The Bertz CT molecular complexity index is 1230. The molecule has 2 bridgehead atoms. The number of ether oxygens (including phenoxy) is 1. The lowest BCUT2D eigenvalue weighted by atomic mass is 9.70. The first-order chi connectivity index (χ1) is 21.6. The van der Waals surface area contributed by atoms with Gasteiger partial charge in [0.05, 0.1) is 35.8 Å². The predicted molar refractivity (Wildman–Crippen MR) is 186 cm³/mol. The number of anilines is 1. The monoisotopic (exact) mass is 703 g/mol. The van der Waals surface area contributed by atoms with Crippen LogP contribution in [0.4, 0.5) is 5.69 Å². The van der Waals surface area contributed by atoms with Crippen LogP contribution in [0.2, 0.25) is 0 Å². The number of fused-ring (bicyclic) bond motifs is 1. The summed E-state index contributed by atoms with van der Waals surface area (Å²) in [4.78, 5) is 49.4. The molecule has 0 aromatic heterocycles. The normalized spacial score (nSPS) is 28.0. The molecule has 248 valence electrons. The van der Waals surface area contributed by atoms with E-state index in [1.165, 1.54) is 0 Å². The maximum atomic E-state index is 14.8. The van der Waals surface area contributed by atoms with Gasteiger partial charge >= 0.3 is 0 Å². The van der Waals surface area contributed by atoms with Crippen molar-refractivity contribution in [3.8, 4) is 5.75 Å². The van der Waals surface area contributed by atoms with E-state index in [1.807, 2.05) is 49.9 Å². The molecule has 1 spiro atoms. The number of thioether (sulfide) groups is 1. The Morgan fingerprint density at radius 3 is 2.42 bits per heavy atom. The molecule has 3 unspecified atom stereocenters. The molecule has 4 rings (SSSR count). The van der Waals surface area contributed by atoms with Crippen LogP contribution >= 0.6 is 27.7 Å². The molecule has 1 aromatic carbocycles. The minimum absolute atomic E-state index is 0.0327.